The number of carbonyl (C=O) groups excluding carboxylic acids is 2. The smallest absolute Gasteiger partial charge is 0.410 e. The Kier molecular flexibility index (Phi) is 6.01. The molecule has 0 radical (unpaired) electrons. The zero-order valence-electron chi connectivity index (χ0n) is 14.8. The largest absolute Gasteiger partial charge is 0.496 e. The maximum absolute atomic E-state index is 12.3. The van der Waals surface area contributed by atoms with Crippen molar-refractivity contribution in [3.8, 4) is 11.5 Å². The molecule has 128 valence electrons. The molecule has 1 aromatic carbocycles. The molecule has 0 aromatic heterocycles. The fourth-order valence-corrected chi connectivity index (χ4v) is 2.16. The van der Waals surface area contributed by atoms with Crippen molar-refractivity contribution in [3.63, 3.8) is 0 Å². The molecule has 0 bridgehead atoms. The number of aldehydes is 1. The van der Waals surface area contributed by atoms with Crippen LogP contribution in [-0.2, 0) is 9.53 Å². The predicted molar refractivity (Wildman–Crippen MR) is 87.1 cm³/mol. The van der Waals surface area contributed by atoms with E-state index in [9.17, 15) is 9.59 Å². The van der Waals surface area contributed by atoms with Crippen LogP contribution in [0.3, 0.4) is 0 Å². The van der Waals surface area contributed by atoms with Gasteiger partial charge in [-0.25, -0.2) is 4.79 Å². The monoisotopic (exact) mass is 323 g/mol. The van der Waals surface area contributed by atoms with Gasteiger partial charge in [0.25, 0.3) is 0 Å². The van der Waals surface area contributed by atoms with Gasteiger partial charge < -0.3 is 19.0 Å². The number of amides is 1. The highest BCUT2D eigenvalue weighted by atomic mass is 16.6. The van der Waals surface area contributed by atoms with Crippen LogP contribution in [0.1, 0.15) is 37.9 Å². The third-order valence-electron chi connectivity index (χ3n) is 3.21. The molecular weight excluding hydrogens is 298 g/mol. The Bertz CT molecular complexity index is 552. The van der Waals surface area contributed by atoms with E-state index in [0.717, 1.165) is 5.56 Å². The normalized spacial score (nSPS) is 12.3. The minimum absolute atomic E-state index is 0.481. The molecule has 1 aromatic rings. The molecule has 0 saturated carbocycles. The van der Waals surface area contributed by atoms with Gasteiger partial charge in [-0.3, -0.25) is 4.90 Å². The van der Waals surface area contributed by atoms with Crippen LogP contribution in [0.5, 0.6) is 11.5 Å². The van der Waals surface area contributed by atoms with Crippen LogP contribution in [0.15, 0.2) is 12.1 Å². The quantitative estimate of drug-likeness (QED) is 0.779. The standard InChI is InChI=1S/C17H25NO5/c1-11-8-13(21-6)15(14(9-11)22-7)12(10-19)18(5)16(20)23-17(2,3)4/h8-10,12H,1-7H3. The minimum atomic E-state index is -0.879. The summed E-state index contributed by atoms with van der Waals surface area (Å²) in [5, 5.41) is 0. The average Bonchev–Trinajstić information content (AvgIpc) is 2.46. The molecule has 0 aliphatic carbocycles. The van der Waals surface area contributed by atoms with Crippen LogP contribution in [0.2, 0.25) is 0 Å². The number of methoxy groups -OCH3 is 2. The van der Waals surface area contributed by atoms with Crippen molar-refractivity contribution >= 4 is 12.4 Å². The van der Waals surface area contributed by atoms with Crippen LogP contribution in [0.25, 0.3) is 0 Å². The maximum atomic E-state index is 12.3. The van der Waals surface area contributed by atoms with Gasteiger partial charge in [0.05, 0.1) is 19.8 Å². The van der Waals surface area contributed by atoms with Gasteiger partial charge in [0.2, 0.25) is 0 Å². The SMILES string of the molecule is COc1cc(C)cc(OC)c1C(C=O)N(C)C(=O)OC(C)(C)C. The highest BCUT2D eigenvalue weighted by molar-refractivity contribution is 5.76. The Morgan fingerprint density at radius 2 is 1.65 bits per heavy atom. The van der Waals surface area contributed by atoms with Crippen LogP contribution in [-0.4, -0.2) is 44.1 Å². The molecule has 6 heteroatoms. The molecule has 0 saturated heterocycles. The van der Waals surface area contributed by atoms with Gasteiger partial charge in [-0.15, -0.1) is 0 Å². The number of likely N-dealkylation sites (N-methyl/N-ethyl adjacent to an activating group) is 1. The highest BCUT2D eigenvalue weighted by Crippen LogP contribution is 2.37. The highest BCUT2D eigenvalue weighted by Gasteiger charge is 2.30. The van der Waals surface area contributed by atoms with E-state index >= 15 is 0 Å². The fraction of sp³-hybridized carbons (Fsp3) is 0.529. The van der Waals surface area contributed by atoms with Crippen LogP contribution < -0.4 is 9.47 Å². The number of ether oxygens (including phenoxy) is 3. The lowest BCUT2D eigenvalue weighted by molar-refractivity contribution is -0.112. The van der Waals surface area contributed by atoms with Gasteiger partial charge in [0, 0.05) is 7.05 Å². The summed E-state index contributed by atoms with van der Waals surface area (Å²) in [5.41, 5.74) is 0.760. The second-order valence-corrected chi connectivity index (χ2v) is 6.26. The Morgan fingerprint density at radius 1 is 1.17 bits per heavy atom. The van der Waals surface area contributed by atoms with Gasteiger partial charge in [0.1, 0.15) is 29.4 Å². The zero-order chi connectivity index (χ0) is 17.8. The minimum Gasteiger partial charge on any atom is -0.496 e. The number of hydrogen-bond acceptors (Lipinski definition) is 5. The number of rotatable bonds is 5. The molecule has 6 nitrogen and oxygen atoms in total. The third kappa shape index (κ3) is 4.61. The topological polar surface area (TPSA) is 65.1 Å². The first-order valence-electron chi connectivity index (χ1n) is 7.28. The molecule has 1 atom stereocenters. The Morgan fingerprint density at radius 3 is 2.00 bits per heavy atom. The molecule has 1 unspecified atom stereocenters. The molecule has 0 aliphatic heterocycles. The molecule has 0 spiro atoms. The van der Waals surface area contributed by atoms with Gasteiger partial charge in [0.15, 0.2) is 0 Å². The average molecular weight is 323 g/mol. The summed E-state index contributed by atoms with van der Waals surface area (Å²) < 4.78 is 16.1. The van der Waals surface area contributed by atoms with E-state index in [4.69, 9.17) is 14.2 Å². The van der Waals surface area contributed by atoms with E-state index in [1.807, 2.05) is 6.92 Å². The Balaban J connectivity index is 3.29. The first kappa shape index (κ1) is 18.8. The number of nitrogens with zero attached hydrogens (tertiary/aromatic N) is 1. The van der Waals surface area contributed by atoms with Gasteiger partial charge in [-0.2, -0.15) is 0 Å². The van der Waals surface area contributed by atoms with Crippen molar-refractivity contribution in [2.75, 3.05) is 21.3 Å². The van der Waals surface area contributed by atoms with Crippen molar-refractivity contribution in [3.05, 3.63) is 23.3 Å². The summed E-state index contributed by atoms with van der Waals surface area (Å²) in [7, 11) is 4.52. The van der Waals surface area contributed by atoms with Crippen LogP contribution >= 0.6 is 0 Å². The second kappa shape index (κ2) is 7.35. The van der Waals surface area contributed by atoms with Crippen molar-refractivity contribution in [1.29, 1.82) is 0 Å². The van der Waals surface area contributed by atoms with Gasteiger partial charge >= 0.3 is 6.09 Å². The summed E-state index contributed by atoms with van der Waals surface area (Å²) in [4.78, 5) is 25.2. The summed E-state index contributed by atoms with van der Waals surface area (Å²) in [6.45, 7) is 7.19. The van der Waals surface area contributed by atoms with Gasteiger partial charge in [-0.05, 0) is 45.4 Å². The Hall–Kier alpha value is -2.24. The lowest BCUT2D eigenvalue weighted by Crippen LogP contribution is -2.37. The number of carbonyl (C=O) groups is 2. The van der Waals surface area contributed by atoms with E-state index in [2.05, 4.69) is 0 Å². The number of hydrogen-bond donors (Lipinski definition) is 0. The summed E-state index contributed by atoms with van der Waals surface area (Å²) in [6.07, 6.45) is 0.0684. The van der Waals surface area contributed by atoms with Crippen LogP contribution in [0, 0.1) is 6.92 Å². The molecule has 0 fully saturated rings. The van der Waals surface area contributed by atoms with E-state index < -0.39 is 17.7 Å². The van der Waals surface area contributed by atoms with Gasteiger partial charge in [-0.1, -0.05) is 0 Å². The number of benzene rings is 1. The van der Waals surface area contributed by atoms with Crippen molar-refractivity contribution < 1.29 is 23.8 Å². The number of aryl methyl sites for hydroxylation is 1. The Labute approximate surface area is 137 Å². The summed E-state index contributed by atoms with van der Waals surface area (Å²) in [6, 6.07) is 2.70. The van der Waals surface area contributed by atoms with Crippen molar-refractivity contribution in [2.45, 2.75) is 39.3 Å². The third-order valence-corrected chi connectivity index (χ3v) is 3.21. The zero-order valence-corrected chi connectivity index (χ0v) is 14.8. The van der Waals surface area contributed by atoms with E-state index in [-0.39, 0.29) is 0 Å². The van der Waals surface area contributed by atoms with E-state index in [1.54, 1.807) is 32.9 Å². The maximum Gasteiger partial charge on any atom is 0.410 e. The molecule has 0 N–H and O–H groups in total. The molecule has 1 amide bonds. The lowest BCUT2D eigenvalue weighted by atomic mass is 10.0. The summed E-state index contributed by atoms with van der Waals surface area (Å²) in [5.74, 6) is 0.962. The van der Waals surface area contributed by atoms with Crippen molar-refractivity contribution in [2.24, 2.45) is 0 Å². The molecule has 1 rings (SSSR count). The predicted octanol–water partition coefficient (Wildman–Crippen LogP) is 3.12. The lowest BCUT2D eigenvalue weighted by Gasteiger charge is -2.29. The second-order valence-electron chi connectivity index (χ2n) is 6.26. The van der Waals surface area contributed by atoms with E-state index in [0.29, 0.717) is 23.3 Å². The summed E-state index contributed by atoms with van der Waals surface area (Å²) >= 11 is 0. The van der Waals surface area contributed by atoms with Crippen LogP contribution in [0.4, 0.5) is 4.79 Å². The molecule has 0 aliphatic rings. The molecule has 23 heavy (non-hydrogen) atoms. The first-order chi connectivity index (χ1) is 10.6. The molecular formula is C17H25NO5. The fourth-order valence-electron chi connectivity index (χ4n) is 2.16. The molecule has 0 heterocycles. The van der Waals surface area contributed by atoms with E-state index in [1.165, 1.54) is 26.2 Å². The first-order valence-corrected chi connectivity index (χ1v) is 7.28. The van der Waals surface area contributed by atoms with Crippen molar-refractivity contribution in [1.82, 2.24) is 4.90 Å².